The monoisotopic (exact) mass is 1010 g/mol. The molecule has 0 atom stereocenters. The molecule has 1 N–H and O–H groups in total. The van der Waals surface area contributed by atoms with Crippen LogP contribution >= 0.6 is 22.7 Å². The fourth-order valence-corrected chi connectivity index (χ4v) is 11.5. The van der Waals surface area contributed by atoms with Crippen molar-refractivity contribution in [2.45, 2.75) is 104 Å². The van der Waals surface area contributed by atoms with E-state index in [0.29, 0.717) is 0 Å². The van der Waals surface area contributed by atoms with E-state index in [4.69, 9.17) is 9.47 Å². The van der Waals surface area contributed by atoms with Crippen molar-refractivity contribution in [3.05, 3.63) is 168 Å². The number of ether oxygens (including phenoxy) is 2. The summed E-state index contributed by atoms with van der Waals surface area (Å²) in [7, 11) is 0. The summed E-state index contributed by atoms with van der Waals surface area (Å²) >= 11 is 3.46. The maximum Gasteiger partial charge on any atom is 0.333 e. The number of thiophene rings is 2. The van der Waals surface area contributed by atoms with Crippen LogP contribution in [0.3, 0.4) is 0 Å². The average Bonchev–Trinajstić information content (AvgIpc) is 4.04. The molecule has 2 heterocycles. The Labute approximate surface area is 441 Å². The van der Waals surface area contributed by atoms with Crippen molar-refractivity contribution in [1.29, 1.82) is 0 Å². The second-order valence-corrected chi connectivity index (χ2v) is 21.0. The number of aliphatic carboxylic acids is 1. The average molecular weight is 1010 g/mol. The van der Waals surface area contributed by atoms with Crippen molar-refractivity contribution in [3.63, 3.8) is 0 Å². The number of unbranched alkanes of at least 4 members (excludes halogenated alkanes) is 9. The van der Waals surface area contributed by atoms with Crippen molar-refractivity contribution < 1.29 is 19.4 Å². The quantitative estimate of drug-likeness (QED) is 0.0301. The van der Waals surface area contributed by atoms with Crippen molar-refractivity contribution in [3.8, 4) is 54.6 Å². The van der Waals surface area contributed by atoms with Crippen LogP contribution in [0.1, 0.15) is 108 Å². The molecule has 0 unspecified atom stereocenters. The lowest BCUT2D eigenvalue weighted by molar-refractivity contribution is -0.132. The number of nitrogens with zero attached hydrogens (tertiary/aromatic N) is 2. The van der Waals surface area contributed by atoms with E-state index >= 15 is 0 Å². The summed E-state index contributed by atoms with van der Waals surface area (Å²) in [5, 5.41) is 10.8. The highest BCUT2D eigenvalue weighted by atomic mass is 32.1. The molecule has 0 aliphatic rings. The van der Waals surface area contributed by atoms with Crippen LogP contribution in [-0.4, -0.2) is 37.6 Å². The molecule has 6 nitrogen and oxygen atoms in total. The zero-order valence-corrected chi connectivity index (χ0v) is 44.5. The first kappa shape index (κ1) is 52.6. The highest BCUT2D eigenvalue weighted by Gasteiger charge is 2.18. The molecule has 0 saturated carbocycles. The largest absolute Gasteiger partial charge is 0.494 e. The Kier molecular flexibility index (Phi) is 19.3. The number of fused-ring (bicyclic) bond motifs is 1. The normalized spacial score (nSPS) is 11.5. The summed E-state index contributed by atoms with van der Waals surface area (Å²) in [5.74, 6) is 0.859. The smallest absolute Gasteiger partial charge is 0.333 e. The molecule has 0 saturated heterocycles. The van der Waals surface area contributed by atoms with Gasteiger partial charge in [0.1, 0.15) is 11.5 Å². The van der Waals surface area contributed by atoms with Gasteiger partial charge in [0.05, 0.1) is 25.3 Å². The molecule has 0 spiro atoms. The number of anilines is 3. The number of carbonyl (C=O) groups is 1. The molecule has 0 bridgehead atoms. The van der Waals surface area contributed by atoms with E-state index in [1.54, 1.807) is 17.4 Å². The van der Waals surface area contributed by atoms with Gasteiger partial charge in [0.15, 0.2) is 0 Å². The van der Waals surface area contributed by atoms with E-state index in [-0.39, 0.29) is 12.1 Å². The van der Waals surface area contributed by atoms with E-state index in [2.05, 4.69) is 189 Å². The highest BCUT2D eigenvalue weighted by molar-refractivity contribution is 7.20. The Balaban J connectivity index is 1.07. The summed E-state index contributed by atoms with van der Waals surface area (Å²) < 4.78 is 13.2. The van der Waals surface area contributed by atoms with Crippen LogP contribution in [0, 0.1) is 0 Å². The molecule has 0 aliphatic heterocycles. The molecule has 376 valence electrons. The topological polar surface area (TPSA) is 71.4 Å². The highest BCUT2D eigenvalue weighted by Crippen LogP contribution is 2.43. The van der Waals surface area contributed by atoms with Crippen LogP contribution in [-0.2, 0) is 11.2 Å². The molecule has 0 aliphatic carbocycles. The van der Waals surface area contributed by atoms with Gasteiger partial charge in [0.25, 0.3) is 0 Å². The number of rotatable bonds is 28. The van der Waals surface area contributed by atoms with Crippen LogP contribution in [0.25, 0.3) is 59.3 Å². The number of benzene rings is 6. The number of carboxylic acids is 1. The zero-order valence-electron chi connectivity index (χ0n) is 42.9. The standard InChI is InChI=1S/C65H70N2O4S2/c1-5-8-11-14-17-53-44-62(73-64(53)54-19-18-52-42-61(72-63(52)45-54)43-55(46-66-4)65(68)69)51-24-34-58(35-25-51)67(56-30-20-47(21-31-56)49-26-36-59(37-27-49)70-40-15-12-9-6-2)57-32-22-48(23-33-57)50-28-38-60(39-29-50)71-41-16-13-10-7-3/h18-39,42-45H,4-17,40-41,46H2,1-3H3,(H,68,69)/b55-43-. The molecule has 0 fully saturated rings. The number of aliphatic imine (C=N–C) groups is 1. The molecule has 0 amide bonds. The van der Waals surface area contributed by atoms with E-state index < -0.39 is 5.97 Å². The minimum Gasteiger partial charge on any atom is -0.494 e. The van der Waals surface area contributed by atoms with Crippen LogP contribution in [0.15, 0.2) is 162 Å². The Bertz CT molecular complexity index is 2920. The fourth-order valence-electron chi connectivity index (χ4n) is 9.23. The van der Waals surface area contributed by atoms with Crippen LogP contribution in [0.4, 0.5) is 17.1 Å². The van der Waals surface area contributed by atoms with E-state index in [0.717, 1.165) is 105 Å². The van der Waals surface area contributed by atoms with E-state index in [1.807, 2.05) is 11.3 Å². The third kappa shape index (κ3) is 14.3. The third-order valence-corrected chi connectivity index (χ3v) is 15.7. The summed E-state index contributed by atoms with van der Waals surface area (Å²) in [6.07, 6.45) is 17.0. The molecule has 2 aromatic heterocycles. The van der Waals surface area contributed by atoms with Gasteiger partial charge >= 0.3 is 5.97 Å². The SMILES string of the molecule is C=NC/C(=C/c1cc2ccc(-c3sc(-c4ccc(N(c5ccc(-c6ccc(OCCCCCC)cc6)cc5)c5ccc(-c6ccc(OCCCCCC)cc6)cc5)cc4)cc3CCCCCC)cc2s1)C(=O)O. The van der Waals surface area contributed by atoms with Crippen LogP contribution < -0.4 is 14.4 Å². The van der Waals surface area contributed by atoms with Crippen molar-refractivity contribution in [2.24, 2.45) is 4.99 Å². The molecule has 0 radical (unpaired) electrons. The molecular weight excluding hydrogens is 937 g/mol. The van der Waals surface area contributed by atoms with Gasteiger partial charge < -0.3 is 19.5 Å². The lowest BCUT2D eigenvalue weighted by Crippen LogP contribution is -2.09. The van der Waals surface area contributed by atoms with Gasteiger partial charge in [-0.1, -0.05) is 151 Å². The number of carboxylic acid groups (broad SMARTS) is 1. The molecule has 6 aromatic carbocycles. The molecule has 73 heavy (non-hydrogen) atoms. The second kappa shape index (κ2) is 26.8. The first-order valence-corrected chi connectivity index (χ1v) is 28.1. The molecule has 8 aromatic rings. The Morgan fingerprint density at radius 3 is 1.49 bits per heavy atom. The van der Waals surface area contributed by atoms with Gasteiger partial charge in [0, 0.05) is 36.4 Å². The predicted molar refractivity (Wildman–Crippen MR) is 313 cm³/mol. The first-order valence-electron chi connectivity index (χ1n) is 26.4. The Morgan fingerprint density at radius 2 is 1.01 bits per heavy atom. The summed E-state index contributed by atoms with van der Waals surface area (Å²) in [6.45, 7) is 11.8. The molecular formula is C65H70N2O4S2. The van der Waals surface area contributed by atoms with Crippen molar-refractivity contribution >= 4 is 68.6 Å². The van der Waals surface area contributed by atoms with Gasteiger partial charge in [-0.3, -0.25) is 4.99 Å². The number of hydrogen-bond acceptors (Lipinski definition) is 7. The fraction of sp³-hybridized carbons (Fsp3) is 0.292. The lowest BCUT2D eigenvalue weighted by atomic mass is 10.0. The van der Waals surface area contributed by atoms with E-state index in [9.17, 15) is 9.90 Å². The second-order valence-electron chi connectivity index (χ2n) is 18.9. The van der Waals surface area contributed by atoms with Crippen LogP contribution in [0.2, 0.25) is 0 Å². The molecule has 8 heteroatoms. The van der Waals surface area contributed by atoms with Gasteiger partial charge in [-0.2, -0.15) is 0 Å². The van der Waals surface area contributed by atoms with Crippen LogP contribution in [0.5, 0.6) is 11.5 Å². The summed E-state index contributed by atoms with van der Waals surface area (Å²) in [4.78, 5) is 21.5. The minimum absolute atomic E-state index is 0.0740. The maximum atomic E-state index is 11.9. The Hall–Kier alpha value is -6.74. The van der Waals surface area contributed by atoms with Gasteiger partial charge in [-0.05, 0) is 162 Å². The third-order valence-electron chi connectivity index (χ3n) is 13.4. The number of hydrogen-bond donors (Lipinski definition) is 1. The van der Waals surface area contributed by atoms with Crippen molar-refractivity contribution in [1.82, 2.24) is 0 Å². The minimum atomic E-state index is -0.971. The number of aryl methyl sites for hydroxylation is 1. The van der Waals surface area contributed by atoms with Gasteiger partial charge in [-0.15, -0.1) is 22.7 Å². The van der Waals surface area contributed by atoms with E-state index in [1.165, 1.54) is 84.2 Å². The lowest BCUT2D eigenvalue weighted by Gasteiger charge is -2.26. The summed E-state index contributed by atoms with van der Waals surface area (Å²) in [6, 6.07) is 54.8. The maximum absolute atomic E-state index is 11.9. The predicted octanol–water partition coefficient (Wildman–Crippen LogP) is 19.3. The zero-order chi connectivity index (χ0) is 50.8. The van der Waals surface area contributed by atoms with Gasteiger partial charge in [0.2, 0.25) is 0 Å². The Morgan fingerprint density at radius 1 is 0.548 bits per heavy atom. The van der Waals surface area contributed by atoms with Crippen molar-refractivity contribution in [2.75, 3.05) is 24.7 Å². The van der Waals surface area contributed by atoms with Gasteiger partial charge in [-0.25, -0.2) is 4.79 Å². The molecule has 8 rings (SSSR count). The summed E-state index contributed by atoms with van der Waals surface area (Å²) in [5.41, 5.74) is 11.8. The first-order chi connectivity index (χ1) is 35.8.